The van der Waals surface area contributed by atoms with Crippen LogP contribution in [0.15, 0.2) is 6.33 Å². The summed E-state index contributed by atoms with van der Waals surface area (Å²) in [6.45, 7) is 7.78. The maximum Gasteiger partial charge on any atom is 0.147 e. The number of carbonyl (C=O) groups is 1. The summed E-state index contributed by atoms with van der Waals surface area (Å²) in [4.78, 5) is 17.1. The Morgan fingerprint density at radius 1 is 1.48 bits per heavy atom. The molecule has 1 aromatic heterocycles. The van der Waals surface area contributed by atoms with Gasteiger partial charge in [-0.15, -0.1) is 0 Å². The number of hydrogen-bond donors (Lipinski definition) is 1. The molecule has 0 spiro atoms. The van der Waals surface area contributed by atoms with Gasteiger partial charge in [-0.05, 0) is 37.5 Å². The van der Waals surface area contributed by atoms with Gasteiger partial charge in [0.15, 0.2) is 0 Å². The highest BCUT2D eigenvalue weighted by Gasteiger charge is 2.39. The Morgan fingerprint density at radius 3 is 2.71 bits per heavy atom. The minimum absolute atomic E-state index is 0.245. The molecule has 1 aromatic rings. The van der Waals surface area contributed by atoms with Crippen molar-refractivity contribution in [1.29, 1.82) is 0 Å². The van der Waals surface area contributed by atoms with Crippen LogP contribution in [0.2, 0.25) is 0 Å². The van der Waals surface area contributed by atoms with Gasteiger partial charge in [-0.3, -0.25) is 4.79 Å². The molecule has 1 fully saturated rings. The van der Waals surface area contributed by atoms with Crippen LogP contribution in [0.4, 0.5) is 0 Å². The summed E-state index contributed by atoms with van der Waals surface area (Å²) in [5.74, 6) is 2.22. The monoisotopic (exact) mass is 292 g/mol. The van der Waals surface area contributed by atoms with Crippen molar-refractivity contribution in [2.24, 2.45) is 23.0 Å². The van der Waals surface area contributed by atoms with Gasteiger partial charge in [0.1, 0.15) is 17.9 Å². The van der Waals surface area contributed by atoms with E-state index >= 15 is 0 Å². The van der Waals surface area contributed by atoms with Crippen molar-refractivity contribution in [3.63, 3.8) is 0 Å². The lowest BCUT2D eigenvalue weighted by Gasteiger charge is -2.37. The maximum absolute atomic E-state index is 12.8. The molecule has 5 heteroatoms. The lowest BCUT2D eigenvalue weighted by atomic mass is 9.67. The van der Waals surface area contributed by atoms with E-state index < -0.39 is 0 Å². The van der Waals surface area contributed by atoms with E-state index in [1.54, 1.807) is 6.33 Å². The molecule has 21 heavy (non-hydrogen) atoms. The standard InChI is InChI=1S/C16H28N4O/c1-12(2)9-20-15(18-11-19-20)8-14(21)16(10-17)6-4-13(3)5-7-16/h11-13H,4-10,17H2,1-3H3. The molecular formula is C16H28N4O. The van der Waals surface area contributed by atoms with E-state index in [2.05, 4.69) is 30.9 Å². The first-order chi connectivity index (χ1) is 9.97. The predicted octanol–water partition coefficient (Wildman–Crippen LogP) is 2.20. The molecule has 0 aliphatic heterocycles. The Morgan fingerprint density at radius 2 is 2.14 bits per heavy atom. The molecule has 1 aliphatic carbocycles. The highest BCUT2D eigenvalue weighted by Crippen LogP contribution is 2.39. The van der Waals surface area contributed by atoms with E-state index in [0.717, 1.165) is 38.1 Å². The van der Waals surface area contributed by atoms with Crippen LogP contribution in [-0.4, -0.2) is 27.1 Å². The quantitative estimate of drug-likeness (QED) is 0.872. The van der Waals surface area contributed by atoms with E-state index in [1.165, 1.54) is 0 Å². The fraction of sp³-hybridized carbons (Fsp3) is 0.812. The second kappa shape index (κ2) is 6.69. The van der Waals surface area contributed by atoms with Crippen molar-refractivity contribution in [3.8, 4) is 0 Å². The number of aromatic nitrogens is 3. The Kier molecular flexibility index (Phi) is 5.14. The van der Waals surface area contributed by atoms with Gasteiger partial charge >= 0.3 is 0 Å². The molecule has 118 valence electrons. The van der Waals surface area contributed by atoms with Crippen molar-refractivity contribution >= 4 is 5.78 Å². The van der Waals surface area contributed by atoms with E-state index in [9.17, 15) is 4.79 Å². The van der Waals surface area contributed by atoms with E-state index in [4.69, 9.17) is 5.73 Å². The number of ketones is 1. The smallest absolute Gasteiger partial charge is 0.147 e. The number of nitrogens with two attached hydrogens (primary N) is 1. The van der Waals surface area contributed by atoms with Crippen LogP contribution in [0.3, 0.4) is 0 Å². The van der Waals surface area contributed by atoms with E-state index in [1.807, 2.05) is 4.68 Å². The summed E-state index contributed by atoms with van der Waals surface area (Å²) in [5, 5.41) is 4.24. The minimum Gasteiger partial charge on any atom is -0.329 e. The van der Waals surface area contributed by atoms with Gasteiger partial charge < -0.3 is 5.73 Å². The molecule has 0 unspecified atom stereocenters. The zero-order chi connectivity index (χ0) is 15.5. The predicted molar refractivity (Wildman–Crippen MR) is 82.7 cm³/mol. The summed E-state index contributed by atoms with van der Waals surface area (Å²) < 4.78 is 1.86. The molecule has 0 atom stereocenters. The second-order valence-electron chi connectivity index (χ2n) is 7.02. The van der Waals surface area contributed by atoms with Gasteiger partial charge in [-0.25, -0.2) is 9.67 Å². The fourth-order valence-electron chi connectivity index (χ4n) is 3.17. The number of hydrogen-bond acceptors (Lipinski definition) is 4. The average molecular weight is 292 g/mol. The Labute approximate surface area is 127 Å². The first kappa shape index (κ1) is 16.1. The largest absolute Gasteiger partial charge is 0.329 e. The summed E-state index contributed by atoms with van der Waals surface area (Å²) in [6, 6.07) is 0. The summed E-state index contributed by atoms with van der Waals surface area (Å²) >= 11 is 0. The molecule has 0 amide bonds. The average Bonchev–Trinajstić information content (AvgIpc) is 2.86. The van der Waals surface area contributed by atoms with Crippen LogP contribution in [-0.2, 0) is 17.8 Å². The minimum atomic E-state index is -0.332. The van der Waals surface area contributed by atoms with Crippen molar-refractivity contribution in [2.75, 3.05) is 6.54 Å². The molecule has 1 aliphatic rings. The first-order valence-electron chi connectivity index (χ1n) is 8.07. The van der Waals surface area contributed by atoms with E-state index in [0.29, 0.717) is 24.8 Å². The van der Waals surface area contributed by atoms with Crippen LogP contribution in [0, 0.1) is 17.3 Å². The number of Topliss-reactive ketones (excluding diaryl/α,β-unsaturated/α-hetero) is 1. The molecule has 2 N–H and O–H groups in total. The zero-order valence-corrected chi connectivity index (χ0v) is 13.5. The molecule has 0 radical (unpaired) electrons. The molecule has 2 rings (SSSR count). The molecule has 5 nitrogen and oxygen atoms in total. The Balaban J connectivity index is 2.08. The van der Waals surface area contributed by atoms with Crippen molar-refractivity contribution < 1.29 is 4.79 Å². The molecule has 0 saturated heterocycles. The van der Waals surface area contributed by atoms with Crippen LogP contribution in [0.5, 0.6) is 0 Å². The van der Waals surface area contributed by atoms with Gasteiger partial charge in [0, 0.05) is 18.5 Å². The fourth-order valence-corrected chi connectivity index (χ4v) is 3.17. The Bertz CT molecular complexity index is 472. The van der Waals surface area contributed by atoms with Gasteiger partial charge in [0.2, 0.25) is 0 Å². The van der Waals surface area contributed by atoms with E-state index in [-0.39, 0.29) is 11.2 Å². The first-order valence-corrected chi connectivity index (χ1v) is 8.07. The number of carbonyl (C=O) groups excluding carboxylic acids is 1. The van der Waals surface area contributed by atoms with Crippen LogP contribution in [0.25, 0.3) is 0 Å². The van der Waals surface area contributed by atoms with Crippen LogP contribution >= 0.6 is 0 Å². The van der Waals surface area contributed by atoms with Crippen molar-refractivity contribution in [2.45, 2.75) is 59.4 Å². The topological polar surface area (TPSA) is 73.8 Å². The lowest BCUT2D eigenvalue weighted by Crippen LogP contribution is -2.42. The van der Waals surface area contributed by atoms with Crippen LogP contribution < -0.4 is 5.73 Å². The highest BCUT2D eigenvalue weighted by molar-refractivity contribution is 5.86. The van der Waals surface area contributed by atoms with Gasteiger partial charge in [-0.1, -0.05) is 20.8 Å². The third-order valence-corrected chi connectivity index (χ3v) is 4.77. The van der Waals surface area contributed by atoms with Gasteiger partial charge in [0.25, 0.3) is 0 Å². The molecule has 1 heterocycles. The summed E-state index contributed by atoms with van der Waals surface area (Å²) in [5.41, 5.74) is 5.64. The third kappa shape index (κ3) is 3.70. The highest BCUT2D eigenvalue weighted by atomic mass is 16.1. The number of nitrogens with zero attached hydrogens (tertiary/aromatic N) is 3. The molecule has 0 aromatic carbocycles. The number of rotatable bonds is 6. The molecule has 0 bridgehead atoms. The molecular weight excluding hydrogens is 264 g/mol. The summed E-state index contributed by atoms with van der Waals surface area (Å²) in [7, 11) is 0. The zero-order valence-electron chi connectivity index (χ0n) is 13.5. The normalized spacial score (nSPS) is 26.2. The Hall–Kier alpha value is -1.23. The second-order valence-corrected chi connectivity index (χ2v) is 7.02. The lowest BCUT2D eigenvalue weighted by molar-refractivity contribution is -0.130. The summed E-state index contributed by atoms with van der Waals surface area (Å²) in [6.07, 6.45) is 5.94. The molecule has 1 saturated carbocycles. The van der Waals surface area contributed by atoms with Crippen molar-refractivity contribution in [1.82, 2.24) is 14.8 Å². The van der Waals surface area contributed by atoms with Gasteiger partial charge in [0.05, 0.1) is 6.42 Å². The third-order valence-electron chi connectivity index (χ3n) is 4.77. The maximum atomic E-state index is 12.8. The van der Waals surface area contributed by atoms with Crippen molar-refractivity contribution in [3.05, 3.63) is 12.2 Å². The van der Waals surface area contributed by atoms with Gasteiger partial charge in [-0.2, -0.15) is 5.10 Å². The SMILES string of the molecule is CC(C)Cn1ncnc1CC(=O)C1(CN)CCC(C)CC1. The van der Waals surface area contributed by atoms with Crippen LogP contribution in [0.1, 0.15) is 52.3 Å².